The Bertz CT molecular complexity index is 1270. The highest BCUT2D eigenvalue weighted by molar-refractivity contribution is 6.30. The molecular weight excluding hydrogens is 482 g/mol. The first-order valence-electron chi connectivity index (χ1n) is 11.4. The molecule has 10 nitrogen and oxygen atoms in total. The van der Waals surface area contributed by atoms with E-state index in [-0.39, 0.29) is 28.5 Å². The lowest BCUT2D eigenvalue weighted by atomic mass is 10.0. The van der Waals surface area contributed by atoms with Gasteiger partial charge in [0.15, 0.2) is 5.78 Å². The minimum atomic E-state index is -0.546. The first kappa shape index (κ1) is 25.2. The Balaban J connectivity index is 1.52. The Morgan fingerprint density at radius 1 is 0.889 bits per heavy atom. The molecule has 1 saturated heterocycles. The first-order chi connectivity index (χ1) is 17.3. The van der Waals surface area contributed by atoms with E-state index in [0.717, 1.165) is 32.6 Å². The van der Waals surface area contributed by atoms with E-state index in [1.54, 1.807) is 24.4 Å². The second-order valence-corrected chi connectivity index (χ2v) is 8.93. The number of nitrogens with zero attached hydrogens (tertiary/aromatic N) is 5. The van der Waals surface area contributed by atoms with E-state index < -0.39 is 11.8 Å². The fourth-order valence-electron chi connectivity index (χ4n) is 3.76. The quantitative estimate of drug-likeness (QED) is 0.487. The average molecular weight is 508 g/mol. The van der Waals surface area contributed by atoms with Crippen LogP contribution in [0.4, 0.5) is 17.3 Å². The fraction of sp³-hybridized carbons (Fsp3) is 0.280. The SMILES string of the molecule is CC(=O)c1ccc(NC(=O)c2cnc(N3CCCN(C)CC3)cn2)c(C(=O)Nc2ccc(Cl)cn2)c1. The number of aromatic nitrogens is 3. The highest BCUT2D eigenvalue weighted by Gasteiger charge is 2.19. The van der Waals surface area contributed by atoms with Gasteiger partial charge in [0.1, 0.15) is 17.3 Å². The summed E-state index contributed by atoms with van der Waals surface area (Å²) in [7, 11) is 2.09. The third-order valence-electron chi connectivity index (χ3n) is 5.80. The summed E-state index contributed by atoms with van der Waals surface area (Å²) in [5.74, 6) is -0.304. The maximum Gasteiger partial charge on any atom is 0.275 e. The number of anilines is 3. The van der Waals surface area contributed by atoms with Crippen LogP contribution in [0.1, 0.15) is 44.5 Å². The van der Waals surface area contributed by atoms with Gasteiger partial charge in [0.25, 0.3) is 11.8 Å². The van der Waals surface area contributed by atoms with Gasteiger partial charge in [-0.05, 0) is 57.3 Å². The van der Waals surface area contributed by atoms with E-state index >= 15 is 0 Å². The zero-order chi connectivity index (χ0) is 25.7. The predicted octanol–water partition coefficient (Wildman–Crippen LogP) is 3.37. The Morgan fingerprint density at radius 2 is 1.72 bits per heavy atom. The number of rotatable bonds is 6. The number of carbonyl (C=O) groups excluding carboxylic acids is 3. The van der Waals surface area contributed by atoms with E-state index in [1.807, 2.05) is 0 Å². The molecule has 0 aliphatic carbocycles. The molecule has 2 N–H and O–H groups in total. The van der Waals surface area contributed by atoms with Gasteiger partial charge in [0.05, 0.1) is 28.7 Å². The second-order valence-electron chi connectivity index (χ2n) is 8.49. The van der Waals surface area contributed by atoms with Crippen LogP contribution in [0.2, 0.25) is 5.02 Å². The number of pyridine rings is 1. The van der Waals surface area contributed by atoms with Crippen molar-refractivity contribution in [3.8, 4) is 0 Å². The third kappa shape index (κ3) is 6.21. The van der Waals surface area contributed by atoms with Crippen molar-refractivity contribution < 1.29 is 14.4 Å². The molecule has 0 spiro atoms. The van der Waals surface area contributed by atoms with Crippen LogP contribution < -0.4 is 15.5 Å². The lowest BCUT2D eigenvalue weighted by Gasteiger charge is -2.21. The first-order valence-corrected chi connectivity index (χ1v) is 11.8. The van der Waals surface area contributed by atoms with Crippen molar-refractivity contribution in [1.82, 2.24) is 19.9 Å². The molecule has 1 aliphatic rings. The van der Waals surface area contributed by atoms with Crippen LogP contribution in [0.5, 0.6) is 0 Å². The van der Waals surface area contributed by atoms with Gasteiger partial charge >= 0.3 is 0 Å². The maximum atomic E-state index is 13.0. The van der Waals surface area contributed by atoms with Crippen LogP contribution in [0.15, 0.2) is 48.9 Å². The van der Waals surface area contributed by atoms with Crippen molar-refractivity contribution >= 4 is 46.5 Å². The molecule has 11 heteroatoms. The number of hydrogen-bond donors (Lipinski definition) is 2. The van der Waals surface area contributed by atoms with Crippen LogP contribution in [0.25, 0.3) is 0 Å². The Hall–Kier alpha value is -3.89. The van der Waals surface area contributed by atoms with Crippen molar-refractivity contribution in [2.75, 3.05) is 48.8 Å². The number of ketones is 1. The molecule has 0 unspecified atom stereocenters. The molecule has 0 saturated carbocycles. The lowest BCUT2D eigenvalue weighted by molar-refractivity contribution is 0.101. The molecule has 36 heavy (non-hydrogen) atoms. The zero-order valence-electron chi connectivity index (χ0n) is 20.0. The summed E-state index contributed by atoms with van der Waals surface area (Å²) in [6.07, 6.45) is 5.42. The van der Waals surface area contributed by atoms with E-state index in [1.165, 1.54) is 31.5 Å². The summed E-state index contributed by atoms with van der Waals surface area (Å²) < 4.78 is 0. The Morgan fingerprint density at radius 3 is 2.42 bits per heavy atom. The molecule has 0 atom stereocenters. The smallest absolute Gasteiger partial charge is 0.275 e. The monoisotopic (exact) mass is 507 g/mol. The Labute approximate surface area is 213 Å². The minimum absolute atomic E-state index is 0.103. The van der Waals surface area contributed by atoms with Crippen LogP contribution in [0.3, 0.4) is 0 Å². The normalized spacial score (nSPS) is 14.1. The number of benzene rings is 1. The molecule has 4 rings (SSSR count). The topological polar surface area (TPSA) is 120 Å². The number of halogens is 1. The fourth-order valence-corrected chi connectivity index (χ4v) is 3.87. The highest BCUT2D eigenvalue weighted by atomic mass is 35.5. The van der Waals surface area contributed by atoms with Crippen LogP contribution in [0, 0.1) is 0 Å². The maximum absolute atomic E-state index is 13.0. The van der Waals surface area contributed by atoms with Gasteiger partial charge in [0.2, 0.25) is 0 Å². The molecular formula is C25H26ClN7O3. The molecule has 3 heterocycles. The van der Waals surface area contributed by atoms with Crippen molar-refractivity contribution in [2.24, 2.45) is 0 Å². The summed E-state index contributed by atoms with van der Waals surface area (Å²) in [5, 5.41) is 5.78. The van der Waals surface area contributed by atoms with E-state index in [9.17, 15) is 14.4 Å². The van der Waals surface area contributed by atoms with Gasteiger partial charge < -0.3 is 20.4 Å². The second kappa shape index (κ2) is 11.2. The molecule has 1 aliphatic heterocycles. The summed E-state index contributed by atoms with van der Waals surface area (Å²) in [4.78, 5) is 55.0. The number of carbonyl (C=O) groups is 3. The number of Topliss-reactive ketones (excluding diaryl/α,β-unsaturated/α-hetero) is 1. The largest absolute Gasteiger partial charge is 0.354 e. The minimum Gasteiger partial charge on any atom is -0.354 e. The number of nitrogens with one attached hydrogen (secondary N) is 2. The van der Waals surface area contributed by atoms with E-state index in [2.05, 4.69) is 42.4 Å². The molecule has 1 aromatic carbocycles. The van der Waals surface area contributed by atoms with Gasteiger partial charge in [-0.25, -0.2) is 15.0 Å². The Kier molecular flexibility index (Phi) is 7.87. The summed E-state index contributed by atoms with van der Waals surface area (Å²) in [6, 6.07) is 7.61. The van der Waals surface area contributed by atoms with Crippen molar-refractivity contribution in [2.45, 2.75) is 13.3 Å². The molecule has 0 radical (unpaired) electrons. The third-order valence-corrected chi connectivity index (χ3v) is 6.03. The molecule has 2 aromatic heterocycles. The molecule has 0 bridgehead atoms. The van der Waals surface area contributed by atoms with Crippen LogP contribution >= 0.6 is 11.6 Å². The van der Waals surface area contributed by atoms with Gasteiger partial charge in [-0.3, -0.25) is 14.4 Å². The summed E-state index contributed by atoms with van der Waals surface area (Å²) >= 11 is 5.85. The lowest BCUT2D eigenvalue weighted by Crippen LogP contribution is -2.29. The molecule has 186 valence electrons. The molecule has 3 aromatic rings. The molecule has 2 amide bonds. The van der Waals surface area contributed by atoms with Crippen LogP contribution in [-0.4, -0.2) is 70.7 Å². The van der Waals surface area contributed by atoms with Gasteiger partial charge in [0, 0.05) is 31.4 Å². The van der Waals surface area contributed by atoms with Gasteiger partial charge in [-0.15, -0.1) is 0 Å². The average Bonchev–Trinajstić information content (AvgIpc) is 3.10. The number of amides is 2. The van der Waals surface area contributed by atoms with Crippen molar-refractivity contribution in [3.63, 3.8) is 0 Å². The van der Waals surface area contributed by atoms with Gasteiger partial charge in [-0.1, -0.05) is 11.6 Å². The number of likely N-dealkylation sites (N-methyl/N-ethyl adjacent to an activating group) is 1. The predicted molar refractivity (Wildman–Crippen MR) is 138 cm³/mol. The summed E-state index contributed by atoms with van der Waals surface area (Å²) in [5.41, 5.74) is 0.755. The van der Waals surface area contributed by atoms with Crippen LogP contribution in [-0.2, 0) is 0 Å². The standard InChI is InChI=1S/C25H26ClN7O3/c1-16(34)17-4-6-20(19(12-17)24(35)31-22-7-5-18(26)13-28-22)30-25(36)21-14-29-23(15-27-21)33-9-3-8-32(2)10-11-33/h4-7,12-15H,3,8-11H2,1-2H3,(H,30,36)(H,28,31,35). The van der Waals surface area contributed by atoms with E-state index in [4.69, 9.17) is 11.6 Å². The van der Waals surface area contributed by atoms with Crippen molar-refractivity contribution in [1.29, 1.82) is 0 Å². The number of hydrogen-bond acceptors (Lipinski definition) is 8. The summed E-state index contributed by atoms with van der Waals surface area (Å²) in [6.45, 7) is 5.05. The van der Waals surface area contributed by atoms with Gasteiger partial charge in [-0.2, -0.15) is 0 Å². The molecule has 1 fully saturated rings. The zero-order valence-corrected chi connectivity index (χ0v) is 20.7. The van der Waals surface area contributed by atoms with E-state index in [0.29, 0.717) is 16.4 Å². The van der Waals surface area contributed by atoms with Crippen molar-refractivity contribution in [3.05, 3.63) is 70.8 Å². The highest BCUT2D eigenvalue weighted by Crippen LogP contribution is 2.21.